The van der Waals surface area contributed by atoms with Crippen molar-refractivity contribution in [2.24, 2.45) is 0 Å². The van der Waals surface area contributed by atoms with Gasteiger partial charge in [-0.15, -0.1) is 0 Å². The average Bonchev–Trinajstić information content (AvgIpc) is 2.80. The molecule has 1 aliphatic rings. The summed E-state index contributed by atoms with van der Waals surface area (Å²) >= 11 is 0. The van der Waals surface area contributed by atoms with Crippen LogP contribution in [0.1, 0.15) is 31.9 Å². The SMILES string of the molecule is CCCn1nccc1CC1CCCN1. The number of aromatic nitrogens is 2. The fraction of sp³-hybridized carbons (Fsp3) is 0.727. The van der Waals surface area contributed by atoms with E-state index in [9.17, 15) is 0 Å². The number of hydrogen-bond acceptors (Lipinski definition) is 2. The van der Waals surface area contributed by atoms with Crippen molar-refractivity contribution in [3.8, 4) is 0 Å². The Morgan fingerprint density at radius 2 is 2.57 bits per heavy atom. The zero-order valence-corrected chi connectivity index (χ0v) is 8.87. The Labute approximate surface area is 85.5 Å². The van der Waals surface area contributed by atoms with Gasteiger partial charge in [-0.1, -0.05) is 6.92 Å². The summed E-state index contributed by atoms with van der Waals surface area (Å²) in [7, 11) is 0. The highest BCUT2D eigenvalue weighted by Gasteiger charge is 2.15. The van der Waals surface area contributed by atoms with Crippen LogP contribution in [0.25, 0.3) is 0 Å². The lowest BCUT2D eigenvalue weighted by Crippen LogP contribution is -2.25. The third-order valence-electron chi connectivity index (χ3n) is 2.86. The van der Waals surface area contributed by atoms with E-state index in [2.05, 4.69) is 28.1 Å². The monoisotopic (exact) mass is 193 g/mol. The molecule has 0 radical (unpaired) electrons. The summed E-state index contributed by atoms with van der Waals surface area (Å²) < 4.78 is 2.14. The van der Waals surface area contributed by atoms with E-state index in [1.165, 1.54) is 25.1 Å². The van der Waals surface area contributed by atoms with Gasteiger partial charge in [0, 0.05) is 30.9 Å². The van der Waals surface area contributed by atoms with Gasteiger partial charge in [0.1, 0.15) is 0 Å². The van der Waals surface area contributed by atoms with Crippen molar-refractivity contribution in [2.45, 2.75) is 45.2 Å². The molecule has 1 saturated heterocycles. The number of nitrogens with zero attached hydrogens (tertiary/aromatic N) is 2. The number of hydrogen-bond donors (Lipinski definition) is 1. The molecule has 1 unspecified atom stereocenters. The number of aryl methyl sites for hydroxylation is 1. The molecule has 2 heterocycles. The molecule has 1 aliphatic heterocycles. The molecule has 1 aromatic heterocycles. The molecule has 14 heavy (non-hydrogen) atoms. The van der Waals surface area contributed by atoms with Crippen LogP contribution in [0.2, 0.25) is 0 Å². The van der Waals surface area contributed by atoms with Crippen LogP contribution >= 0.6 is 0 Å². The van der Waals surface area contributed by atoms with E-state index in [0.29, 0.717) is 6.04 Å². The van der Waals surface area contributed by atoms with Gasteiger partial charge in [0.15, 0.2) is 0 Å². The van der Waals surface area contributed by atoms with Crippen molar-refractivity contribution in [3.05, 3.63) is 18.0 Å². The van der Waals surface area contributed by atoms with E-state index in [1.807, 2.05) is 6.20 Å². The fourth-order valence-electron chi connectivity index (χ4n) is 2.13. The maximum Gasteiger partial charge on any atom is 0.0492 e. The minimum Gasteiger partial charge on any atom is -0.314 e. The number of nitrogens with one attached hydrogen (secondary N) is 1. The first-order valence-electron chi connectivity index (χ1n) is 5.64. The van der Waals surface area contributed by atoms with Crippen molar-refractivity contribution in [3.63, 3.8) is 0 Å². The zero-order chi connectivity index (χ0) is 9.80. The molecule has 0 aliphatic carbocycles. The maximum absolute atomic E-state index is 4.34. The Hall–Kier alpha value is -0.830. The molecule has 78 valence electrons. The van der Waals surface area contributed by atoms with Crippen molar-refractivity contribution in [2.75, 3.05) is 6.54 Å². The average molecular weight is 193 g/mol. The predicted molar refractivity (Wildman–Crippen MR) is 57.2 cm³/mol. The Morgan fingerprint density at radius 3 is 3.29 bits per heavy atom. The standard InChI is InChI=1S/C11H19N3/c1-2-8-14-11(5-7-13-14)9-10-4-3-6-12-10/h5,7,10,12H,2-4,6,8-9H2,1H3. The summed E-state index contributed by atoms with van der Waals surface area (Å²) in [6.45, 7) is 4.43. The minimum absolute atomic E-state index is 0.683. The van der Waals surface area contributed by atoms with Crippen molar-refractivity contribution in [1.82, 2.24) is 15.1 Å². The minimum atomic E-state index is 0.683. The Morgan fingerprint density at radius 1 is 1.64 bits per heavy atom. The molecule has 0 spiro atoms. The van der Waals surface area contributed by atoms with Crippen molar-refractivity contribution in [1.29, 1.82) is 0 Å². The van der Waals surface area contributed by atoms with Crippen LogP contribution in [0, 0.1) is 0 Å². The van der Waals surface area contributed by atoms with Gasteiger partial charge in [0.05, 0.1) is 0 Å². The van der Waals surface area contributed by atoms with Crippen LogP contribution in [0.5, 0.6) is 0 Å². The summed E-state index contributed by atoms with van der Waals surface area (Å²) in [5, 5.41) is 7.86. The van der Waals surface area contributed by atoms with E-state index < -0.39 is 0 Å². The topological polar surface area (TPSA) is 29.9 Å². The Bertz CT molecular complexity index is 274. The highest BCUT2D eigenvalue weighted by molar-refractivity contribution is 5.03. The first-order chi connectivity index (χ1) is 6.90. The van der Waals surface area contributed by atoms with Gasteiger partial charge in [0.25, 0.3) is 0 Å². The summed E-state index contributed by atoms with van der Waals surface area (Å²) in [4.78, 5) is 0. The third kappa shape index (κ3) is 2.15. The lowest BCUT2D eigenvalue weighted by atomic mass is 10.1. The van der Waals surface area contributed by atoms with Gasteiger partial charge in [-0.05, 0) is 31.9 Å². The van der Waals surface area contributed by atoms with E-state index in [0.717, 1.165) is 19.4 Å². The second kappa shape index (κ2) is 4.60. The van der Waals surface area contributed by atoms with Crippen LogP contribution in [-0.2, 0) is 13.0 Å². The third-order valence-corrected chi connectivity index (χ3v) is 2.86. The molecule has 1 atom stereocenters. The van der Waals surface area contributed by atoms with E-state index in [-0.39, 0.29) is 0 Å². The lowest BCUT2D eigenvalue weighted by Gasteiger charge is -2.11. The van der Waals surface area contributed by atoms with Crippen LogP contribution in [0.4, 0.5) is 0 Å². The fourth-order valence-corrected chi connectivity index (χ4v) is 2.13. The molecule has 3 heteroatoms. The van der Waals surface area contributed by atoms with E-state index in [4.69, 9.17) is 0 Å². The molecule has 1 aromatic rings. The first kappa shape index (κ1) is 9.71. The molecular formula is C11H19N3. The second-order valence-electron chi connectivity index (χ2n) is 4.04. The van der Waals surface area contributed by atoms with Crippen LogP contribution in [-0.4, -0.2) is 22.4 Å². The van der Waals surface area contributed by atoms with Gasteiger partial charge < -0.3 is 5.32 Å². The predicted octanol–water partition coefficient (Wildman–Crippen LogP) is 1.59. The second-order valence-corrected chi connectivity index (χ2v) is 4.04. The normalized spacial score (nSPS) is 21.6. The lowest BCUT2D eigenvalue weighted by molar-refractivity contribution is 0.529. The maximum atomic E-state index is 4.34. The molecular weight excluding hydrogens is 174 g/mol. The van der Waals surface area contributed by atoms with Gasteiger partial charge in [0.2, 0.25) is 0 Å². The molecule has 0 aromatic carbocycles. The van der Waals surface area contributed by atoms with Crippen LogP contribution in [0.15, 0.2) is 12.3 Å². The largest absolute Gasteiger partial charge is 0.314 e. The zero-order valence-electron chi connectivity index (χ0n) is 8.87. The summed E-state index contributed by atoms with van der Waals surface area (Å²) in [5.41, 5.74) is 1.38. The number of rotatable bonds is 4. The van der Waals surface area contributed by atoms with Crippen molar-refractivity contribution >= 4 is 0 Å². The summed E-state index contributed by atoms with van der Waals surface area (Å²) in [5.74, 6) is 0. The molecule has 0 amide bonds. The van der Waals surface area contributed by atoms with Gasteiger partial charge in [-0.25, -0.2) is 0 Å². The first-order valence-corrected chi connectivity index (χ1v) is 5.64. The summed E-state index contributed by atoms with van der Waals surface area (Å²) in [6.07, 6.45) is 6.86. The van der Waals surface area contributed by atoms with Gasteiger partial charge in [-0.2, -0.15) is 5.10 Å². The Kier molecular flexibility index (Phi) is 3.19. The van der Waals surface area contributed by atoms with E-state index in [1.54, 1.807) is 0 Å². The van der Waals surface area contributed by atoms with Crippen molar-refractivity contribution < 1.29 is 0 Å². The molecule has 0 bridgehead atoms. The summed E-state index contributed by atoms with van der Waals surface area (Å²) in [6, 6.07) is 2.83. The molecule has 1 fully saturated rings. The van der Waals surface area contributed by atoms with Gasteiger partial charge >= 0.3 is 0 Å². The van der Waals surface area contributed by atoms with Crippen LogP contribution < -0.4 is 5.32 Å². The molecule has 3 nitrogen and oxygen atoms in total. The smallest absolute Gasteiger partial charge is 0.0492 e. The highest BCUT2D eigenvalue weighted by Crippen LogP contribution is 2.11. The van der Waals surface area contributed by atoms with E-state index >= 15 is 0 Å². The quantitative estimate of drug-likeness (QED) is 0.787. The van der Waals surface area contributed by atoms with Crippen LogP contribution in [0.3, 0.4) is 0 Å². The van der Waals surface area contributed by atoms with Gasteiger partial charge in [-0.3, -0.25) is 4.68 Å². The molecule has 2 rings (SSSR count). The Balaban J connectivity index is 1.96. The highest BCUT2D eigenvalue weighted by atomic mass is 15.3. The molecule has 1 N–H and O–H groups in total. The molecule has 0 saturated carbocycles.